The fraction of sp³-hybridized carbons (Fsp3) is 0.545. The normalized spacial score (nSPS) is 20.9. The number of aromatic nitrogens is 3. The lowest BCUT2D eigenvalue weighted by Gasteiger charge is -2.42. The molecule has 160 valence electrons. The van der Waals surface area contributed by atoms with Crippen LogP contribution in [0.2, 0.25) is 0 Å². The van der Waals surface area contributed by atoms with Crippen molar-refractivity contribution in [1.29, 1.82) is 0 Å². The number of anilines is 1. The van der Waals surface area contributed by atoms with Crippen molar-refractivity contribution in [2.24, 2.45) is 0 Å². The molecule has 0 spiro atoms. The maximum atomic E-state index is 11.9. The van der Waals surface area contributed by atoms with E-state index in [2.05, 4.69) is 30.1 Å². The third-order valence-electron chi connectivity index (χ3n) is 6.43. The largest absolute Gasteiger partial charge is 0.370 e. The van der Waals surface area contributed by atoms with Crippen LogP contribution in [-0.2, 0) is 0 Å². The van der Waals surface area contributed by atoms with Crippen LogP contribution in [0.1, 0.15) is 53.5 Å². The molecule has 4 heterocycles. The van der Waals surface area contributed by atoms with E-state index in [1.165, 1.54) is 0 Å². The molecule has 30 heavy (non-hydrogen) atoms. The Kier molecular flexibility index (Phi) is 6.13. The Morgan fingerprint density at radius 1 is 1.13 bits per heavy atom. The minimum Gasteiger partial charge on any atom is -0.370 e. The highest BCUT2D eigenvalue weighted by Gasteiger charge is 2.30. The molecule has 2 saturated heterocycles. The molecule has 4 rings (SSSR count). The smallest absolute Gasteiger partial charge is 0.269 e. The molecule has 0 bridgehead atoms. The lowest BCUT2D eigenvalue weighted by atomic mass is 9.92. The van der Waals surface area contributed by atoms with Crippen LogP contribution >= 0.6 is 0 Å². The molecule has 2 aromatic heterocycles. The highest BCUT2D eigenvalue weighted by atomic mass is 16.1. The third-order valence-corrected chi connectivity index (χ3v) is 6.43. The second kappa shape index (κ2) is 8.95. The molecule has 0 saturated carbocycles. The number of hydrogen-bond acceptors (Lipinski definition) is 6. The average Bonchev–Trinajstić information content (AvgIpc) is 2.80. The number of carbonyl (C=O) groups excluding carboxylic acids is 1. The van der Waals surface area contributed by atoms with Crippen LogP contribution in [0.4, 0.5) is 5.69 Å². The maximum Gasteiger partial charge on any atom is 0.269 e. The summed E-state index contributed by atoms with van der Waals surface area (Å²) < 4.78 is 0. The van der Waals surface area contributed by atoms with Gasteiger partial charge in [-0.1, -0.05) is 0 Å². The van der Waals surface area contributed by atoms with Gasteiger partial charge in [0.1, 0.15) is 11.4 Å². The van der Waals surface area contributed by atoms with Gasteiger partial charge >= 0.3 is 0 Å². The first kappa shape index (κ1) is 20.5. The summed E-state index contributed by atoms with van der Waals surface area (Å²) in [5.41, 5.74) is 2.93. The summed E-state index contributed by atoms with van der Waals surface area (Å²) >= 11 is 0. The molecule has 2 N–H and O–H groups in total. The molecule has 2 aliphatic rings. The van der Waals surface area contributed by atoms with Crippen LogP contribution < -0.4 is 15.8 Å². The van der Waals surface area contributed by atoms with E-state index in [0.717, 1.165) is 63.2 Å². The van der Waals surface area contributed by atoms with Gasteiger partial charge in [0, 0.05) is 50.5 Å². The zero-order chi connectivity index (χ0) is 21.1. The predicted octanol–water partition coefficient (Wildman–Crippen LogP) is 1.68. The van der Waals surface area contributed by atoms with Gasteiger partial charge in [-0.05, 0) is 51.3 Å². The molecular weight excluding hydrogens is 380 g/mol. The zero-order valence-corrected chi connectivity index (χ0v) is 17.7. The Hall–Kier alpha value is -2.74. The molecule has 0 radical (unpaired) electrons. The monoisotopic (exact) mass is 410 g/mol. The van der Waals surface area contributed by atoms with Crippen LogP contribution in [-0.4, -0.2) is 65.0 Å². The average molecular weight is 411 g/mol. The molecule has 2 aromatic rings. The highest BCUT2D eigenvalue weighted by molar-refractivity contribution is 5.92. The van der Waals surface area contributed by atoms with Gasteiger partial charge < -0.3 is 15.2 Å². The predicted molar refractivity (Wildman–Crippen MR) is 116 cm³/mol. The molecule has 0 aromatic carbocycles. The van der Waals surface area contributed by atoms with Crippen LogP contribution in [0.25, 0.3) is 0 Å². The van der Waals surface area contributed by atoms with E-state index in [0.29, 0.717) is 23.3 Å². The molecule has 0 aliphatic carbocycles. The fourth-order valence-corrected chi connectivity index (χ4v) is 4.60. The third kappa shape index (κ3) is 4.38. The van der Waals surface area contributed by atoms with Crippen LogP contribution in [0.5, 0.6) is 0 Å². The number of piperidine rings is 2. The van der Waals surface area contributed by atoms with Gasteiger partial charge in [-0.2, -0.15) is 0 Å². The van der Waals surface area contributed by atoms with Crippen LogP contribution in [0.3, 0.4) is 0 Å². The Morgan fingerprint density at radius 3 is 2.60 bits per heavy atom. The summed E-state index contributed by atoms with van der Waals surface area (Å²) in [7, 11) is 1.61. The maximum absolute atomic E-state index is 11.9. The number of aromatic amines is 1. The SMILES string of the molecule is CNC(=O)c1ccc(N2CCC(N3CCCC(c4cnc(C)c(=O)[nH]4)C3)CC2)cn1. The molecule has 2 fully saturated rings. The van der Waals surface area contributed by atoms with Crippen molar-refractivity contribution in [1.82, 2.24) is 25.2 Å². The number of aryl methyl sites for hydroxylation is 1. The van der Waals surface area contributed by atoms with E-state index in [1.807, 2.05) is 12.3 Å². The van der Waals surface area contributed by atoms with Gasteiger partial charge in [-0.25, -0.2) is 4.98 Å². The van der Waals surface area contributed by atoms with Gasteiger partial charge in [0.2, 0.25) is 0 Å². The van der Waals surface area contributed by atoms with Crippen molar-refractivity contribution in [2.75, 3.05) is 38.1 Å². The summed E-state index contributed by atoms with van der Waals surface area (Å²) in [6.45, 7) is 5.80. The summed E-state index contributed by atoms with van der Waals surface area (Å²) in [5.74, 6) is 0.184. The van der Waals surface area contributed by atoms with E-state index >= 15 is 0 Å². The first-order valence-corrected chi connectivity index (χ1v) is 10.8. The fourth-order valence-electron chi connectivity index (χ4n) is 4.60. The highest BCUT2D eigenvalue weighted by Crippen LogP contribution is 2.29. The van der Waals surface area contributed by atoms with E-state index in [-0.39, 0.29) is 11.5 Å². The first-order chi connectivity index (χ1) is 14.5. The number of H-pyrrole nitrogens is 1. The Balaban J connectivity index is 1.35. The van der Waals surface area contributed by atoms with Crippen molar-refractivity contribution in [3.05, 3.63) is 52.0 Å². The van der Waals surface area contributed by atoms with Crippen molar-refractivity contribution in [3.8, 4) is 0 Å². The van der Waals surface area contributed by atoms with Crippen molar-refractivity contribution >= 4 is 11.6 Å². The second-order valence-corrected chi connectivity index (χ2v) is 8.29. The molecule has 8 nitrogen and oxygen atoms in total. The minimum atomic E-state index is -0.162. The van der Waals surface area contributed by atoms with Crippen LogP contribution in [0.15, 0.2) is 29.3 Å². The number of nitrogens with zero attached hydrogens (tertiary/aromatic N) is 4. The van der Waals surface area contributed by atoms with Gasteiger partial charge in [0.05, 0.1) is 11.9 Å². The Labute approximate surface area is 176 Å². The molecule has 2 aliphatic heterocycles. The minimum absolute atomic E-state index is 0.0750. The zero-order valence-electron chi connectivity index (χ0n) is 17.7. The molecular formula is C22H30N6O2. The molecule has 1 amide bonds. The standard InChI is InChI=1S/C22H30N6O2/c1-15-21(29)26-20(13-24-15)16-4-3-9-28(14-16)17-7-10-27(11-8-17)18-5-6-19(25-12-18)22(30)23-2/h5-6,12-13,16-17H,3-4,7-11,14H2,1-2H3,(H,23,30)(H,26,29). The summed E-state index contributed by atoms with van der Waals surface area (Å²) in [4.78, 5) is 40.1. The van der Waals surface area contributed by atoms with Crippen molar-refractivity contribution in [2.45, 2.75) is 44.6 Å². The van der Waals surface area contributed by atoms with Crippen LogP contribution in [0, 0.1) is 6.92 Å². The lowest BCUT2D eigenvalue weighted by molar-refractivity contribution is 0.0958. The number of nitrogens with one attached hydrogen (secondary N) is 2. The lowest BCUT2D eigenvalue weighted by Crippen LogP contribution is -2.48. The molecule has 1 atom stereocenters. The topological polar surface area (TPSA) is 94.2 Å². The number of rotatable bonds is 4. The summed E-state index contributed by atoms with van der Waals surface area (Å²) in [6.07, 6.45) is 8.08. The number of carbonyl (C=O) groups is 1. The quantitative estimate of drug-likeness (QED) is 0.797. The van der Waals surface area contributed by atoms with Gasteiger partial charge in [-0.3, -0.25) is 19.5 Å². The van der Waals surface area contributed by atoms with E-state index in [1.54, 1.807) is 26.2 Å². The Morgan fingerprint density at radius 2 is 1.93 bits per heavy atom. The van der Waals surface area contributed by atoms with Gasteiger partial charge in [0.25, 0.3) is 11.5 Å². The van der Waals surface area contributed by atoms with Crippen molar-refractivity contribution in [3.63, 3.8) is 0 Å². The van der Waals surface area contributed by atoms with Gasteiger partial charge in [-0.15, -0.1) is 0 Å². The summed E-state index contributed by atoms with van der Waals surface area (Å²) in [5, 5.41) is 2.60. The molecule has 8 heteroatoms. The van der Waals surface area contributed by atoms with Gasteiger partial charge in [0.15, 0.2) is 0 Å². The number of likely N-dealkylation sites (tertiary alicyclic amines) is 1. The second-order valence-electron chi connectivity index (χ2n) is 8.29. The number of pyridine rings is 1. The summed E-state index contributed by atoms with van der Waals surface area (Å²) in [6, 6.07) is 4.33. The van der Waals surface area contributed by atoms with E-state index in [9.17, 15) is 9.59 Å². The van der Waals surface area contributed by atoms with E-state index < -0.39 is 0 Å². The van der Waals surface area contributed by atoms with E-state index in [4.69, 9.17) is 0 Å². The Bertz CT molecular complexity index is 933. The molecule has 1 unspecified atom stereocenters. The number of hydrogen-bond donors (Lipinski definition) is 2. The van der Waals surface area contributed by atoms with Crippen molar-refractivity contribution < 1.29 is 4.79 Å². The number of amides is 1. The first-order valence-electron chi connectivity index (χ1n) is 10.8.